The van der Waals surface area contributed by atoms with Gasteiger partial charge in [-0.05, 0) is 48.8 Å². The van der Waals surface area contributed by atoms with E-state index < -0.39 is 12.1 Å². The summed E-state index contributed by atoms with van der Waals surface area (Å²) >= 11 is 3.02. The summed E-state index contributed by atoms with van der Waals surface area (Å²) < 4.78 is 7.19. The predicted octanol–water partition coefficient (Wildman–Crippen LogP) is 7.27. The number of rotatable bonds is 19. The molecule has 2 N–H and O–H groups in total. The first kappa shape index (κ1) is 38.4. The Morgan fingerprint density at radius 3 is 2.29 bits per heavy atom. The lowest BCUT2D eigenvalue weighted by Crippen LogP contribution is -2.49. The number of carbonyl (C=O) groups is 3. The zero-order valence-electron chi connectivity index (χ0n) is 29.9. The molecule has 11 nitrogen and oxygen atoms in total. The summed E-state index contributed by atoms with van der Waals surface area (Å²) in [4.78, 5) is 51.8. The van der Waals surface area contributed by atoms with Crippen LogP contribution in [0.4, 0.5) is 9.59 Å². The number of hydrogen-bond donors (Lipinski definition) is 2. The molecule has 0 fully saturated rings. The van der Waals surface area contributed by atoms with Crippen LogP contribution in [0.2, 0.25) is 0 Å². The fraction of sp³-hybridized carbons (Fsp3) is 0.385. The molecule has 3 aromatic heterocycles. The molecule has 0 aliphatic heterocycles. The molecular formula is C39H47N7O4S2. The number of amides is 3. The Hall–Kier alpha value is -4.88. The molecule has 0 saturated heterocycles. The van der Waals surface area contributed by atoms with Crippen LogP contribution in [-0.4, -0.2) is 61.7 Å². The van der Waals surface area contributed by atoms with Gasteiger partial charge in [0, 0.05) is 49.4 Å². The van der Waals surface area contributed by atoms with Gasteiger partial charge >= 0.3 is 12.1 Å². The van der Waals surface area contributed by atoms with Crippen LogP contribution in [0.15, 0.2) is 96.2 Å². The number of urea groups is 1. The highest BCUT2D eigenvalue weighted by molar-refractivity contribution is 7.09. The van der Waals surface area contributed by atoms with Crippen molar-refractivity contribution in [3.63, 3.8) is 0 Å². The third kappa shape index (κ3) is 12.4. The van der Waals surface area contributed by atoms with E-state index in [1.54, 1.807) is 58.1 Å². The van der Waals surface area contributed by atoms with Crippen LogP contribution in [0.1, 0.15) is 65.7 Å². The maximum absolute atomic E-state index is 14.2. The van der Waals surface area contributed by atoms with Gasteiger partial charge in [0.1, 0.15) is 12.6 Å². The molecule has 13 heteroatoms. The highest BCUT2D eigenvalue weighted by atomic mass is 32.1. The number of aromatic nitrogens is 4. The lowest BCUT2D eigenvalue weighted by atomic mass is 9.86. The molecule has 0 saturated carbocycles. The molecule has 2 aromatic carbocycles. The average Bonchev–Trinajstić information content (AvgIpc) is 3.95. The minimum Gasteiger partial charge on any atom is -0.444 e. The van der Waals surface area contributed by atoms with Gasteiger partial charge in [0.15, 0.2) is 5.78 Å². The predicted molar refractivity (Wildman–Crippen MR) is 204 cm³/mol. The van der Waals surface area contributed by atoms with Gasteiger partial charge in [-0.1, -0.05) is 74.5 Å². The van der Waals surface area contributed by atoms with Crippen LogP contribution in [0, 0.1) is 5.92 Å². The number of nitrogens with zero attached hydrogens (tertiary/aromatic N) is 5. The number of benzene rings is 2. The van der Waals surface area contributed by atoms with Crippen molar-refractivity contribution in [2.45, 2.75) is 83.6 Å². The Bertz CT molecular complexity index is 1800. The van der Waals surface area contributed by atoms with E-state index in [0.29, 0.717) is 38.1 Å². The first-order chi connectivity index (χ1) is 25.2. The van der Waals surface area contributed by atoms with Crippen LogP contribution < -0.4 is 10.6 Å². The number of thiazole rings is 2. The number of ketones is 1. The SMILES string of the molecule is CC(C)c1nc(CN(C)C(=O)N[C@@H](Cn2cccn2)C(=O)C[C@@H](CC[C@@H](Cc2ccccc2)NC(=O)OCc2cncs2)Cc2ccccc2)cs1. The molecule has 3 heterocycles. The van der Waals surface area contributed by atoms with Gasteiger partial charge in [0.2, 0.25) is 0 Å². The van der Waals surface area contributed by atoms with Crippen LogP contribution in [0.25, 0.3) is 0 Å². The number of Topliss-reactive ketones (excluding diaryl/α,β-unsaturated/α-hetero) is 1. The van der Waals surface area contributed by atoms with Crippen LogP contribution in [0.3, 0.4) is 0 Å². The summed E-state index contributed by atoms with van der Waals surface area (Å²) in [5.41, 5.74) is 4.73. The maximum atomic E-state index is 14.2. The molecule has 0 unspecified atom stereocenters. The zero-order chi connectivity index (χ0) is 36.7. The fourth-order valence-electron chi connectivity index (χ4n) is 5.93. The van der Waals surface area contributed by atoms with Crippen LogP contribution in [0.5, 0.6) is 0 Å². The molecular weight excluding hydrogens is 695 g/mol. The lowest BCUT2D eigenvalue weighted by molar-refractivity contribution is -0.122. The minimum atomic E-state index is -0.797. The fourth-order valence-corrected chi connectivity index (χ4v) is 7.26. The van der Waals surface area contributed by atoms with Crippen LogP contribution in [-0.2, 0) is 42.1 Å². The van der Waals surface area contributed by atoms with Crippen molar-refractivity contribution < 1.29 is 19.1 Å². The van der Waals surface area contributed by atoms with E-state index in [0.717, 1.165) is 26.7 Å². The normalized spacial score (nSPS) is 12.9. The smallest absolute Gasteiger partial charge is 0.407 e. The van der Waals surface area contributed by atoms with Crippen molar-refractivity contribution in [2.75, 3.05) is 7.05 Å². The summed E-state index contributed by atoms with van der Waals surface area (Å²) in [5, 5.41) is 13.4. The standard InChI is InChI=1S/C39H47N7O4S2/c1-28(2)37-42-33(26-51-37)23-45(3)38(48)44-35(24-46-18-10-17-41-46)36(47)21-31(19-29-11-6-4-7-12-29)15-16-32(20-30-13-8-5-9-14-30)43-39(49)50-25-34-22-40-27-52-34/h4-14,17-18,22,26-28,31-32,35H,15-16,19-21,23-25H2,1-3H3,(H,43,49)(H,44,48)/t31-,32-,35-/m0/s1. The Kier molecular flexibility index (Phi) is 14.5. The van der Waals surface area contributed by atoms with E-state index in [-0.39, 0.29) is 43.3 Å². The summed E-state index contributed by atoms with van der Waals surface area (Å²) in [6.07, 6.45) is 7.46. The molecule has 5 rings (SSSR count). The molecule has 0 aliphatic rings. The second-order valence-corrected chi connectivity index (χ2v) is 15.2. The van der Waals surface area contributed by atoms with E-state index in [9.17, 15) is 14.4 Å². The molecule has 3 atom stereocenters. The van der Waals surface area contributed by atoms with Crippen molar-refractivity contribution in [1.82, 2.24) is 35.3 Å². The Morgan fingerprint density at radius 2 is 1.65 bits per heavy atom. The Balaban J connectivity index is 1.28. The summed E-state index contributed by atoms with van der Waals surface area (Å²) in [6, 6.07) is 20.5. The monoisotopic (exact) mass is 741 g/mol. The number of nitrogens with one attached hydrogen (secondary N) is 2. The van der Waals surface area contributed by atoms with Crippen molar-refractivity contribution in [3.8, 4) is 0 Å². The van der Waals surface area contributed by atoms with Crippen LogP contribution >= 0.6 is 22.7 Å². The van der Waals surface area contributed by atoms with Gasteiger partial charge < -0.3 is 20.3 Å². The van der Waals surface area contributed by atoms with Crippen molar-refractivity contribution >= 4 is 40.6 Å². The quantitative estimate of drug-likeness (QED) is 0.0911. The molecule has 0 aliphatic carbocycles. The van der Waals surface area contributed by atoms with E-state index in [4.69, 9.17) is 4.74 Å². The third-order valence-corrected chi connectivity index (χ3v) is 10.6. The number of ether oxygens (including phenoxy) is 1. The Morgan fingerprint density at radius 1 is 0.923 bits per heavy atom. The third-order valence-electron chi connectivity index (χ3n) is 8.68. The van der Waals surface area contributed by atoms with Crippen molar-refractivity contribution in [2.24, 2.45) is 5.92 Å². The molecule has 52 heavy (non-hydrogen) atoms. The highest BCUT2D eigenvalue weighted by Crippen LogP contribution is 2.23. The summed E-state index contributed by atoms with van der Waals surface area (Å²) in [6.45, 7) is 4.88. The van der Waals surface area contributed by atoms with Crippen molar-refractivity contribution in [3.05, 3.63) is 123 Å². The van der Waals surface area contributed by atoms with Gasteiger partial charge in [-0.3, -0.25) is 14.5 Å². The summed E-state index contributed by atoms with van der Waals surface area (Å²) in [7, 11) is 1.71. The van der Waals surface area contributed by atoms with Crippen molar-refractivity contribution in [1.29, 1.82) is 0 Å². The molecule has 274 valence electrons. The second kappa shape index (κ2) is 19.7. The van der Waals surface area contributed by atoms with Gasteiger partial charge in [0.25, 0.3) is 0 Å². The number of hydrogen-bond acceptors (Lipinski definition) is 9. The first-order valence-corrected chi connectivity index (χ1v) is 19.3. The van der Waals surface area contributed by atoms with Gasteiger partial charge in [-0.15, -0.1) is 22.7 Å². The van der Waals surface area contributed by atoms with Gasteiger partial charge in [-0.2, -0.15) is 5.10 Å². The molecule has 0 radical (unpaired) electrons. The van der Waals surface area contributed by atoms with E-state index in [1.165, 1.54) is 11.3 Å². The Labute approximate surface area is 313 Å². The van der Waals surface area contributed by atoms with Gasteiger partial charge in [-0.25, -0.2) is 14.6 Å². The molecule has 0 bridgehead atoms. The first-order valence-electron chi connectivity index (χ1n) is 17.6. The maximum Gasteiger partial charge on any atom is 0.407 e. The van der Waals surface area contributed by atoms with E-state index in [1.807, 2.05) is 53.9 Å². The van der Waals surface area contributed by atoms with Gasteiger partial charge in [0.05, 0.1) is 34.2 Å². The molecule has 0 spiro atoms. The zero-order valence-corrected chi connectivity index (χ0v) is 31.5. The topological polar surface area (TPSA) is 131 Å². The highest BCUT2D eigenvalue weighted by Gasteiger charge is 2.27. The average molecular weight is 742 g/mol. The van der Waals surface area contributed by atoms with E-state index >= 15 is 0 Å². The van der Waals surface area contributed by atoms with E-state index in [2.05, 4.69) is 51.7 Å². The second-order valence-electron chi connectivity index (χ2n) is 13.3. The molecule has 3 amide bonds. The minimum absolute atomic E-state index is 0.0533. The number of carbonyl (C=O) groups excluding carboxylic acids is 3. The lowest BCUT2D eigenvalue weighted by Gasteiger charge is -2.26. The summed E-state index contributed by atoms with van der Waals surface area (Å²) in [5.74, 6) is 0.179. The molecule has 5 aromatic rings. The largest absolute Gasteiger partial charge is 0.444 e. The number of alkyl carbamates (subject to hydrolysis) is 1.